The lowest BCUT2D eigenvalue weighted by Gasteiger charge is -2.11. The summed E-state index contributed by atoms with van der Waals surface area (Å²) in [5.74, 6) is 3.18. The third-order valence-corrected chi connectivity index (χ3v) is 6.13. The summed E-state index contributed by atoms with van der Waals surface area (Å²) in [5.41, 5.74) is 3.10. The van der Waals surface area contributed by atoms with E-state index in [1.807, 2.05) is 36.4 Å². The van der Waals surface area contributed by atoms with Crippen LogP contribution in [-0.2, 0) is 4.74 Å². The summed E-state index contributed by atoms with van der Waals surface area (Å²) < 4.78 is 6.27. The van der Waals surface area contributed by atoms with Crippen LogP contribution in [0.15, 0.2) is 65.5 Å². The van der Waals surface area contributed by atoms with E-state index in [9.17, 15) is 0 Å². The van der Waals surface area contributed by atoms with Crippen molar-refractivity contribution in [3.8, 4) is 0 Å². The molecule has 0 aliphatic heterocycles. The van der Waals surface area contributed by atoms with Gasteiger partial charge < -0.3 is 15.4 Å². The first kappa shape index (κ1) is 22.1. The van der Waals surface area contributed by atoms with Crippen molar-refractivity contribution >= 4 is 39.1 Å². The Labute approximate surface area is 196 Å². The number of hydrogen-bond acceptors (Lipinski definition) is 6. The van der Waals surface area contributed by atoms with Crippen molar-refractivity contribution in [1.29, 1.82) is 0 Å². The summed E-state index contributed by atoms with van der Waals surface area (Å²) in [4.78, 5) is 8.93. The third kappa shape index (κ3) is 5.56. The molecular weight excluding hydrogens is 468 g/mol. The highest BCUT2D eigenvalue weighted by Gasteiger charge is 2.19. The molecule has 0 unspecified atom stereocenters. The SMILES string of the molecule is C=C(/C=C(/CNc1ncc(Br)c(Nc2cc(C3CCCC3)[nH]n2)n1)OC)c1ccccc1. The smallest absolute Gasteiger partial charge is 0.225 e. The molecular formula is C24H27BrN6O. The first-order valence-electron chi connectivity index (χ1n) is 10.7. The fourth-order valence-corrected chi connectivity index (χ4v) is 4.08. The highest BCUT2D eigenvalue weighted by molar-refractivity contribution is 9.10. The Balaban J connectivity index is 1.41. The molecule has 2 aromatic heterocycles. The van der Waals surface area contributed by atoms with Crippen LogP contribution < -0.4 is 10.6 Å². The number of aromatic amines is 1. The van der Waals surface area contributed by atoms with E-state index >= 15 is 0 Å². The van der Waals surface area contributed by atoms with Gasteiger partial charge in [-0.1, -0.05) is 49.8 Å². The molecule has 0 atom stereocenters. The molecule has 0 saturated heterocycles. The molecule has 3 N–H and O–H groups in total. The largest absolute Gasteiger partial charge is 0.499 e. The molecule has 1 aliphatic carbocycles. The Morgan fingerprint density at radius 3 is 2.81 bits per heavy atom. The lowest BCUT2D eigenvalue weighted by atomic mass is 10.0. The number of benzene rings is 1. The first-order chi connectivity index (χ1) is 15.6. The zero-order valence-corrected chi connectivity index (χ0v) is 19.7. The number of methoxy groups -OCH3 is 1. The second kappa shape index (κ2) is 10.5. The summed E-state index contributed by atoms with van der Waals surface area (Å²) in [5, 5.41) is 14.0. The highest BCUT2D eigenvalue weighted by atomic mass is 79.9. The Morgan fingerprint density at radius 2 is 2.06 bits per heavy atom. The number of nitrogens with one attached hydrogen (secondary N) is 3. The van der Waals surface area contributed by atoms with Crippen LogP contribution in [0.2, 0.25) is 0 Å². The molecule has 0 radical (unpaired) electrons. The number of anilines is 3. The van der Waals surface area contributed by atoms with Gasteiger partial charge in [0, 0.05) is 23.9 Å². The van der Waals surface area contributed by atoms with Crippen LogP contribution in [0, 0.1) is 0 Å². The summed E-state index contributed by atoms with van der Waals surface area (Å²) in [6.45, 7) is 4.56. The van der Waals surface area contributed by atoms with Crippen molar-refractivity contribution in [2.45, 2.75) is 31.6 Å². The molecule has 1 aromatic carbocycles. The second-order valence-electron chi connectivity index (χ2n) is 7.76. The molecule has 0 amide bonds. The number of nitrogens with zero attached hydrogens (tertiary/aromatic N) is 3. The predicted octanol–water partition coefficient (Wildman–Crippen LogP) is 6.02. The van der Waals surface area contributed by atoms with Crippen LogP contribution in [-0.4, -0.2) is 33.8 Å². The lowest BCUT2D eigenvalue weighted by Crippen LogP contribution is -2.10. The minimum absolute atomic E-state index is 0.428. The van der Waals surface area contributed by atoms with Gasteiger partial charge in [-0.3, -0.25) is 5.10 Å². The Hall–Kier alpha value is -3.13. The van der Waals surface area contributed by atoms with Gasteiger partial charge in [-0.25, -0.2) is 4.98 Å². The standard InChI is InChI=1S/C24H27BrN6O/c1-16(17-8-4-3-5-9-17)12-19(32-2)14-26-24-27-15-20(25)23(29-24)28-22-13-21(30-31-22)18-10-6-7-11-18/h3-5,8-9,12-13,15,18H,1,6-7,10-11,14H2,2H3,(H3,26,27,28,29,30,31)/b19-12-. The Kier molecular flexibility index (Phi) is 7.21. The van der Waals surface area contributed by atoms with Gasteiger partial charge in [-0.2, -0.15) is 10.1 Å². The van der Waals surface area contributed by atoms with Crippen LogP contribution in [0.25, 0.3) is 5.57 Å². The van der Waals surface area contributed by atoms with Gasteiger partial charge in [0.25, 0.3) is 0 Å². The minimum Gasteiger partial charge on any atom is -0.499 e. The van der Waals surface area contributed by atoms with Crippen molar-refractivity contribution in [3.05, 3.63) is 76.7 Å². The predicted molar refractivity (Wildman–Crippen MR) is 132 cm³/mol. The molecule has 8 heteroatoms. The van der Waals surface area contributed by atoms with Gasteiger partial charge in [-0.15, -0.1) is 0 Å². The second-order valence-corrected chi connectivity index (χ2v) is 8.62. The van der Waals surface area contributed by atoms with Gasteiger partial charge >= 0.3 is 0 Å². The lowest BCUT2D eigenvalue weighted by molar-refractivity contribution is 0.290. The zero-order valence-electron chi connectivity index (χ0n) is 18.1. The van der Waals surface area contributed by atoms with Crippen LogP contribution in [0.1, 0.15) is 42.9 Å². The topological polar surface area (TPSA) is 87.8 Å². The van der Waals surface area contributed by atoms with Crippen molar-refractivity contribution in [3.63, 3.8) is 0 Å². The van der Waals surface area contributed by atoms with Crippen molar-refractivity contribution in [1.82, 2.24) is 20.2 Å². The quantitative estimate of drug-likeness (QED) is 0.249. The molecule has 4 rings (SSSR count). The molecule has 166 valence electrons. The molecule has 1 aliphatic rings. The number of allylic oxidation sites excluding steroid dienone is 2. The van der Waals surface area contributed by atoms with E-state index < -0.39 is 0 Å². The average molecular weight is 495 g/mol. The Morgan fingerprint density at radius 1 is 1.28 bits per heavy atom. The van der Waals surface area contributed by atoms with Crippen molar-refractivity contribution < 1.29 is 4.74 Å². The molecule has 1 fully saturated rings. The molecule has 0 spiro atoms. The fourth-order valence-electron chi connectivity index (χ4n) is 3.79. The van der Waals surface area contributed by atoms with Gasteiger partial charge in [-0.05, 0) is 46.0 Å². The van der Waals surface area contributed by atoms with Gasteiger partial charge in [0.15, 0.2) is 11.6 Å². The monoisotopic (exact) mass is 494 g/mol. The van der Waals surface area contributed by atoms with E-state index in [0.717, 1.165) is 27.2 Å². The molecule has 0 bridgehead atoms. The van der Waals surface area contributed by atoms with E-state index in [4.69, 9.17) is 4.74 Å². The number of H-pyrrole nitrogens is 1. The van der Waals surface area contributed by atoms with Crippen LogP contribution >= 0.6 is 15.9 Å². The van der Waals surface area contributed by atoms with Crippen molar-refractivity contribution in [2.75, 3.05) is 24.3 Å². The first-order valence-corrected chi connectivity index (χ1v) is 11.5. The summed E-state index contributed by atoms with van der Waals surface area (Å²) >= 11 is 3.51. The van der Waals surface area contributed by atoms with Crippen molar-refractivity contribution in [2.24, 2.45) is 0 Å². The number of hydrogen-bond donors (Lipinski definition) is 3. The normalized spacial score (nSPS) is 14.4. The fraction of sp³-hybridized carbons (Fsp3) is 0.292. The van der Waals surface area contributed by atoms with Crippen LogP contribution in [0.3, 0.4) is 0 Å². The van der Waals surface area contributed by atoms with Gasteiger partial charge in [0.2, 0.25) is 5.95 Å². The maximum Gasteiger partial charge on any atom is 0.225 e. The number of halogens is 1. The average Bonchev–Trinajstić information content (AvgIpc) is 3.51. The maximum atomic E-state index is 5.51. The number of rotatable bonds is 9. The molecule has 32 heavy (non-hydrogen) atoms. The third-order valence-electron chi connectivity index (χ3n) is 5.55. The molecule has 3 aromatic rings. The molecule has 2 heterocycles. The van der Waals surface area contributed by atoms with E-state index in [0.29, 0.717) is 24.2 Å². The number of ether oxygens (including phenoxy) is 1. The van der Waals surface area contributed by atoms with E-state index in [1.54, 1.807) is 13.3 Å². The summed E-state index contributed by atoms with van der Waals surface area (Å²) in [6, 6.07) is 12.1. The molecule has 7 nitrogen and oxygen atoms in total. The van der Waals surface area contributed by atoms with E-state index in [1.165, 1.54) is 31.4 Å². The van der Waals surface area contributed by atoms with Crippen LogP contribution in [0.5, 0.6) is 0 Å². The maximum absolute atomic E-state index is 5.51. The summed E-state index contributed by atoms with van der Waals surface area (Å²) in [7, 11) is 1.64. The van der Waals surface area contributed by atoms with E-state index in [2.05, 4.69) is 59.4 Å². The van der Waals surface area contributed by atoms with Gasteiger partial charge in [0.05, 0.1) is 18.1 Å². The van der Waals surface area contributed by atoms with Crippen LogP contribution in [0.4, 0.5) is 17.6 Å². The minimum atomic E-state index is 0.428. The number of aromatic nitrogens is 4. The highest BCUT2D eigenvalue weighted by Crippen LogP contribution is 2.34. The summed E-state index contributed by atoms with van der Waals surface area (Å²) in [6.07, 6.45) is 8.64. The zero-order chi connectivity index (χ0) is 22.3. The Bertz CT molecular complexity index is 1090. The van der Waals surface area contributed by atoms with Gasteiger partial charge in [0.1, 0.15) is 5.76 Å². The molecule has 1 saturated carbocycles. The van der Waals surface area contributed by atoms with E-state index in [-0.39, 0.29) is 0 Å².